The third kappa shape index (κ3) is 3.25. The molecule has 1 rings (SSSR count). The summed E-state index contributed by atoms with van der Waals surface area (Å²) >= 11 is 0. The van der Waals surface area contributed by atoms with Crippen molar-refractivity contribution in [1.82, 2.24) is 5.32 Å². The summed E-state index contributed by atoms with van der Waals surface area (Å²) in [7, 11) is 1.28. The minimum absolute atomic E-state index is 0.115. The van der Waals surface area contributed by atoms with Gasteiger partial charge < -0.3 is 15.2 Å². The molecule has 4 nitrogen and oxygen atoms in total. The molecule has 1 atom stereocenters. The number of ether oxygens (including phenoxy) is 1. The van der Waals surface area contributed by atoms with Crippen molar-refractivity contribution >= 4 is 6.09 Å². The van der Waals surface area contributed by atoms with Crippen molar-refractivity contribution in [2.24, 2.45) is 0 Å². The van der Waals surface area contributed by atoms with Gasteiger partial charge in [-0.25, -0.2) is 4.79 Å². The van der Waals surface area contributed by atoms with E-state index in [9.17, 15) is 9.90 Å². The fourth-order valence-electron chi connectivity index (χ4n) is 1.22. The number of hydrogen-bond donors (Lipinski definition) is 2. The fraction of sp³-hybridized carbons (Fsp3) is 0.364. The fourth-order valence-corrected chi connectivity index (χ4v) is 1.22. The first-order chi connectivity index (χ1) is 7.06. The van der Waals surface area contributed by atoms with Crippen molar-refractivity contribution < 1.29 is 14.6 Å². The van der Waals surface area contributed by atoms with Crippen LogP contribution in [0.25, 0.3) is 0 Å². The van der Waals surface area contributed by atoms with Crippen LogP contribution in [0.15, 0.2) is 30.3 Å². The van der Waals surface area contributed by atoms with Crippen LogP contribution in [0.4, 0.5) is 4.79 Å². The van der Waals surface area contributed by atoms with E-state index < -0.39 is 11.7 Å². The number of amides is 1. The minimum atomic E-state index is -1.09. The molecule has 0 aromatic heterocycles. The van der Waals surface area contributed by atoms with Crippen LogP contribution in [0.2, 0.25) is 0 Å². The molecule has 1 aromatic rings. The second-order valence-corrected chi connectivity index (χ2v) is 3.49. The van der Waals surface area contributed by atoms with E-state index in [2.05, 4.69) is 10.1 Å². The van der Waals surface area contributed by atoms with Crippen molar-refractivity contribution in [1.29, 1.82) is 0 Å². The lowest BCUT2D eigenvalue weighted by Crippen LogP contribution is -2.38. The Kier molecular flexibility index (Phi) is 3.68. The van der Waals surface area contributed by atoms with E-state index in [4.69, 9.17) is 0 Å². The van der Waals surface area contributed by atoms with Crippen LogP contribution in [0.1, 0.15) is 12.5 Å². The number of alkyl carbamates (subject to hydrolysis) is 1. The van der Waals surface area contributed by atoms with Crippen LogP contribution >= 0.6 is 0 Å². The maximum atomic E-state index is 10.8. The van der Waals surface area contributed by atoms with Crippen LogP contribution in [0, 0.1) is 0 Å². The van der Waals surface area contributed by atoms with Crippen LogP contribution in [0.3, 0.4) is 0 Å². The first-order valence-corrected chi connectivity index (χ1v) is 4.66. The Hall–Kier alpha value is -1.55. The van der Waals surface area contributed by atoms with E-state index in [-0.39, 0.29) is 6.54 Å². The standard InChI is InChI=1S/C11H15NO3/c1-11(14,8-12-10(13)15-2)9-6-4-3-5-7-9/h3-7,14H,8H2,1-2H3,(H,12,13). The van der Waals surface area contributed by atoms with E-state index >= 15 is 0 Å². The number of rotatable bonds is 3. The Labute approximate surface area is 88.9 Å². The van der Waals surface area contributed by atoms with Crippen molar-refractivity contribution in [3.8, 4) is 0 Å². The van der Waals surface area contributed by atoms with Crippen LogP contribution in [-0.4, -0.2) is 24.9 Å². The highest BCUT2D eigenvalue weighted by Crippen LogP contribution is 2.18. The topological polar surface area (TPSA) is 58.6 Å². The number of aliphatic hydroxyl groups is 1. The summed E-state index contributed by atoms with van der Waals surface area (Å²) in [4.78, 5) is 10.8. The molecule has 1 amide bonds. The predicted octanol–water partition coefficient (Wildman–Crippen LogP) is 1.25. The normalized spacial score (nSPS) is 14.1. The predicted molar refractivity (Wildman–Crippen MR) is 56.4 cm³/mol. The molecule has 0 saturated carbocycles. The van der Waals surface area contributed by atoms with Crippen molar-refractivity contribution in [2.75, 3.05) is 13.7 Å². The number of carbonyl (C=O) groups is 1. The van der Waals surface area contributed by atoms with Gasteiger partial charge in [0.1, 0.15) is 5.60 Å². The Morgan fingerprint density at radius 3 is 2.60 bits per heavy atom. The van der Waals surface area contributed by atoms with E-state index in [0.29, 0.717) is 0 Å². The maximum Gasteiger partial charge on any atom is 0.406 e. The van der Waals surface area contributed by atoms with Gasteiger partial charge in [-0.05, 0) is 12.5 Å². The van der Waals surface area contributed by atoms with E-state index in [0.717, 1.165) is 5.56 Å². The maximum absolute atomic E-state index is 10.8. The highest BCUT2D eigenvalue weighted by molar-refractivity contribution is 5.67. The van der Waals surface area contributed by atoms with Gasteiger partial charge in [-0.1, -0.05) is 30.3 Å². The molecule has 0 aliphatic carbocycles. The summed E-state index contributed by atoms with van der Waals surface area (Å²) in [5, 5.41) is 12.5. The highest BCUT2D eigenvalue weighted by atomic mass is 16.5. The van der Waals surface area contributed by atoms with E-state index in [1.165, 1.54) is 7.11 Å². The second kappa shape index (κ2) is 4.79. The monoisotopic (exact) mass is 209 g/mol. The van der Waals surface area contributed by atoms with Gasteiger partial charge in [0.2, 0.25) is 0 Å². The molecule has 0 bridgehead atoms. The second-order valence-electron chi connectivity index (χ2n) is 3.49. The molecule has 1 unspecified atom stereocenters. The summed E-state index contributed by atoms with van der Waals surface area (Å²) in [6.45, 7) is 1.75. The molecular formula is C11H15NO3. The lowest BCUT2D eigenvalue weighted by Gasteiger charge is -2.23. The number of nitrogens with one attached hydrogen (secondary N) is 1. The Morgan fingerprint density at radius 2 is 2.07 bits per heavy atom. The van der Waals surface area contributed by atoms with Crippen LogP contribution < -0.4 is 5.32 Å². The van der Waals surface area contributed by atoms with Gasteiger partial charge in [0.25, 0.3) is 0 Å². The molecule has 0 spiro atoms. The average molecular weight is 209 g/mol. The number of benzene rings is 1. The summed E-state index contributed by atoms with van der Waals surface area (Å²) in [6.07, 6.45) is -0.550. The molecule has 82 valence electrons. The van der Waals surface area contributed by atoms with Gasteiger partial charge in [-0.2, -0.15) is 0 Å². The quantitative estimate of drug-likeness (QED) is 0.787. The van der Waals surface area contributed by atoms with Crippen molar-refractivity contribution in [3.63, 3.8) is 0 Å². The Balaban J connectivity index is 2.63. The smallest absolute Gasteiger partial charge is 0.406 e. The van der Waals surface area contributed by atoms with Gasteiger partial charge >= 0.3 is 6.09 Å². The van der Waals surface area contributed by atoms with Crippen molar-refractivity contribution in [3.05, 3.63) is 35.9 Å². The summed E-state index contributed by atoms with van der Waals surface area (Å²) in [5.41, 5.74) is -0.337. The van der Waals surface area contributed by atoms with Gasteiger partial charge in [-0.3, -0.25) is 0 Å². The highest BCUT2D eigenvalue weighted by Gasteiger charge is 2.23. The number of hydrogen-bond acceptors (Lipinski definition) is 3. The molecule has 0 heterocycles. The lowest BCUT2D eigenvalue weighted by molar-refractivity contribution is 0.0553. The number of carbonyl (C=O) groups excluding carboxylic acids is 1. The summed E-state index contributed by atoms with van der Waals surface area (Å²) in [5.74, 6) is 0. The first kappa shape index (κ1) is 11.5. The molecule has 0 aliphatic heterocycles. The van der Waals surface area contributed by atoms with E-state index in [1.807, 2.05) is 18.2 Å². The van der Waals surface area contributed by atoms with Crippen molar-refractivity contribution in [2.45, 2.75) is 12.5 Å². The zero-order valence-electron chi connectivity index (χ0n) is 8.86. The molecule has 15 heavy (non-hydrogen) atoms. The Bertz CT molecular complexity index is 322. The summed E-state index contributed by atoms with van der Waals surface area (Å²) < 4.78 is 4.42. The van der Waals surface area contributed by atoms with Gasteiger partial charge in [-0.15, -0.1) is 0 Å². The zero-order chi connectivity index (χ0) is 11.3. The molecule has 0 fully saturated rings. The van der Waals surface area contributed by atoms with E-state index in [1.54, 1.807) is 19.1 Å². The average Bonchev–Trinajstić information content (AvgIpc) is 2.27. The molecule has 1 aromatic carbocycles. The minimum Gasteiger partial charge on any atom is -0.453 e. The van der Waals surface area contributed by atoms with Crippen LogP contribution in [0.5, 0.6) is 0 Å². The SMILES string of the molecule is COC(=O)NCC(C)(O)c1ccccc1. The molecule has 0 aliphatic rings. The Morgan fingerprint density at radius 1 is 1.47 bits per heavy atom. The third-order valence-electron chi connectivity index (χ3n) is 2.16. The molecule has 4 heteroatoms. The van der Waals surface area contributed by atoms with Gasteiger partial charge in [0, 0.05) is 0 Å². The first-order valence-electron chi connectivity index (χ1n) is 4.66. The summed E-state index contributed by atoms with van der Waals surface area (Å²) in [6, 6.07) is 9.15. The van der Waals surface area contributed by atoms with Gasteiger partial charge in [0.05, 0.1) is 13.7 Å². The molecular weight excluding hydrogens is 194 g/mol. The third-order valence-corrected chi connectivity index (χ3v) is 2.16. The molecule has 0 saturated heterocycles. The van der Waals surface area contributed by atoms with Gasteiger partial charge in [0.15, 0.2) is 0 Å². The largest absolute Gasteiger partial charge is 0.453 e. The zero-order valence-corrected chi connectivity index (χ0v) is 8.86. The lowest BCUT2D eigenvalue weighted by atomic mass is 9.96. The number of methoxy groups -OCH3 is 1. The molecule has 2 N–H and O–H groups in total. The van der Waals surface area contributed by atoms with Crippen LogP contribution in [-0.2, 0) is 10.3 Å². The molecule has 0 radical (unpaired) electrons.